The van der Waals surface area contributed by atoms with Gasteiger partial charge in [-0.3, -0.25) is 14.6 Å². The number of nitrogens with zero attached hydrogens (tertiary/aromatic N) is 1. The summed E-state index contributed by atoms with van der Waals surface area (Å²) in [5, 5.41) is 5.71. The molecule has 2 aromatic carbocycles. The van der Waals surface area contributed by atoms with Crippen molar-refractivity contribution in [2.45, 2.75) is 19.4 Å². The van der Waals surface area contributed by atoms with E-state index in [1.165, 1.54) is 17.8 Å². The zero-order chi connectivity index (χ0) is 19.6. The molecule has 5 nitrogen and oxygen atoms in total. The van der Waals surface area contributed by atoms with Gasteiger partial charge >= 0.3 is 0 Å². The van der Waals surface area contributed by atoms with Gasteiger partial charge in [-0.15, -0.1) is 0 Å². The number of carbonyl (C=O) groups excluding carboxylic acids is 2. The lowest BCUT2D eigenvalue weighted by atomic mass is 10.1. The van der Waals surface area contributed by atoms with Crippen LogP contribution in [0.2, 0.25) is 0 Å². The molecule has 0 fully saturated rings. The summed E-state index contributed by atoms with van der Waals surface area (Å²) in [7, 11) is 0. The van der Waals surface area contributed by atoms with Crippen LogP contribution >= 0.6 is 0 Å². The average molecular weight is 373 g/mol. The molecule has 3 aromatic rings. The maximum absolute atomic E-state index is 12.3. The molecule has 0 spiro atoms. The van der Waals surface area contributed by atoms with Crippen LogP contribution in [0.5, 0.6) is 0 Å². The lowest BCUT2D eigenvalue weighted by Crippen LogP contribution is -2.27. The first-order valence-corrected chi connectivity index (χ1v) is 9.32. The van der Waals surface area contributed by atoms with Crippen LogP contribution in [0.3, 0.4) is 0 Å². The molecule has 0 atom stereocenters. The Hall–Kier alpha value is -3.47. The second-order valence-electron chi connectivity index (χ2n) is 6.44. The molecule has 0 saturated heterocycles. The van der Waals surface area contributed by atoms with E-state index in [0.29, 0.717) is 18.7 Å². The van der Waals surface area contributed by atoms with Crippen LogP contribution in [0.25, 0.3) is 0 Å². The van der Waals surface area contributed by atoms with Gasteiger partial charge in [-0.25, -0.2) is 0 Å². The van der Waals surface area contributed by atoms with Crippen LogP contribution in [0, 0.1) is 0 Å². The molecule has 28 heavy (non-hydrogen) atoms. The second-order valence-corrected chi connectivity index (χ2v) is 6.44. The van der Waals surface area contributed by atoms with Crippen molar-refractivity contribution in [2.24, 2.45) is 0 Å². The number of benzene rings is 2. The monoisotopic (exact) mass is 373 g/mol. The van der Waals surface area contributed by atoms with Gasteiger partial charge in [0.2, 0.25) is 0 Å². The van der Waals surface area contributed by atoms with E-state index in [1.807, 2.05) is 48.5 Å². The van der Waals surface area contributed by atoms with E-state index >= 15 is 0 Å². The average Bonchev–Trinajstić information content (AvgIpc) is 2.76. The molecular weight excluding hydrogens is 350 g/mol. The summed E-state index contributed by atoms with van der Waals surface area (Å²) in [5.74, 6) is -0.504. The molecule has 0 radical (unpaired) electrons. The molecule has 2 N–H and O–H groups in total. The lowest BCUT2D eigenvalue weighted by molar-refractivity contribution is 0.0948. The first kappa shape index (κ1) is 19.3. The number of aryl methyl sites for hydroxylation is 1. The van der Waals surface area contributed by atoms with Crippen molar-refractivity contribution in [2.75, 3.05) is 6.54 Å². The van der Waals surface area contributed by atoms with Crippen molar-refractivity contribution in [3.8, 4) is 0 Å². The third kappa shape index (κ3) is 5.77. The van der Waals surface area contributed by atoms with Crippen molar-refractivity contribution in [1.29, 1.82) is 0 Å². The van der Waals surface area contributed by atoms with Gasteiger partial charge in [0.15, 0.2) is 0 Å². The van der Waals surface area contributed by atoms with Crippen molar-refractivity contribution < 1.29 is 9.59 Å². The highest BCUT2D eigenvalue weighted by Gasteiger charge is 2.11. The summed E-state index contributed by atoms with van der Waals surface area (Å²) in [4.78, 5) is 28.7. The molecule has 5 heteroatoms. The van der Waals surface area contributed by atoms with Gasteiger partial charge in [-0.1, -0.05) is 60.7 Å². The molecule has 0 bridgehead atoms. The summed E-state index contributed by atoms with van der Waals surface area (Å²) >= 11 is 0. The second kappa shape index (κ2) is 10.0. The molecule has 2 amide bonds. The van der Waals surface area contributed by atoms with Crippen molar-refractivity contribution in [3.05, 3.63) is 101 Å². The molecule has 1 heterocycles. The van der Waals surface area contributed by atoms with Crippen LogP contribution in [-0.2, 0) is 13.0 Å². The van der Waals surface area contributed by atoms with Gasteiger partial charge in [-0.05, 0) is 36.1 Å². The van der Waals surface area contributed by atoms with E-state index in [2.05, 4.69) is 27.8 Å². The number of hydrogen-bond donors (Lipinski definition) is 2. The van der Waals surface area contributed by atoms with Crippen molar-refractivity contribution >= 4 is 11.8 Å². The van der Waals surface area contributed by atoms with Crippen LogP contribution in [0.15, 0.2) is 79.0 Å². The Bertz CT molecular complexity index is 911. The predicted octanol–water partition coefficient (Wildman–Crippen LogP) is 3.37. The van der Waals surface area contributed by atoms with E-state index in [4.69, 9.17) is 0 Å². The van der Waals surface area contributed by atoms with Crippen LogP contribution in [0.1, 0.15) is 38.4 Å². The van der Waals surface area contributed by atoms with Crippen molar-refractivity contribution in [3.63, 3.8) is 0 Å². The van der Waals surface area contributed by atoms with Gasteiger partial charge in [0, 0.05) is 24.8 Å². The summed E-state index contributed by atoms with van der Waals surface area (Å²) in [5.41, 5.74) is 2.92. The largest absolute Gasteiger partial charge is 0.351 e. The van der Waals surface area contributed by atoms with Gasteiger partial charge in [0.1, 0.15) is 5.69 Å². The quantitative estimate of drug-likeness (QED) is 0.595. The first-order valence-electron chi connectivity index (χ1n) is 9.32. The third-order valence-electron chi connectivity index (χ3n) is 4.32. The van der Waals surface area contributed by atoms with Gasteiger partial charge < -0.3 is 10.6 Å². The minimum absolute atomic E-state index is 0.232. The molecule has 3 rings (SSSR count). The molecule has 0 aliphatic carbocycles. The van der Waals surface area contributed by atoms with Crippen LogP contribution in [-0.4, -0.2) is 23.3 Å². The number of pyridine rings is 1. The Balaban J connectivity index is 1.49. The van der Waals surface area contributed by atoms with Gasteiger partial charge in [-0.2, -0.15) is 0 Å². The minimum Gasteiger partial charge on any atom is -0.351 e. The van der Waals surface area contributed by atoms with E-state index in [0.717, 1.165) is 18.4 Å². The summed E-state index contributed by atoms with van der Waals surface area (Å²) in [6.45, 7) is 0.989. The lowest BCUT2D eigenvalue weighted by Gasteiger charge is -2.08. The smallest absolute Gasteiger partial charge is 0.269 e. The SMILES string of the molecule is O=C(NCc1ccccc1)c1ccnc(C(=O)NCCCc2ccccc2)c1. The highest BCUT2D eigenvalue weighted by Crippen LogP contribution is 2.05. The topological polar surface area (TPSA) is 71.1 Å². The number of carbonyl (C=O) groups is 2. The molecule has 0 aliphatic rings. The molecule has 0 unspecified atom stereocenters. The minimum atomic E-state index is -0.272. The van der Waals surface area contributed by atoms with E-state index in [9.17, 15) is 9.59 Å². The molecular formula is C23H23N3O2. The normalized spacial score (nSPS) is 10.3. The maximum Gasteiger partial charge on any atom is 0.269 e. The standard InChI is InChI=1S/C23H23N3O2/c27-22(26-17-19-10-5-2-6-11-19)20-13-15-24-21(16-20)23(28)25-14-7-12-18-8-3-1-4-9-18/h1-6,8-11,13,15-16H,7,12,14,17H2,(H,25,28)(H,26,27). The zero-order valence-corrected chi connectivity index (χ0v) is 15.6. The number of aromatic nitrogens is 1. The highest BCUT2D eigenvalue weighted by molar-refractivity contribution is 5.98. The van der Waals surface area contributed by atoms with E-state index < -0.39 is 0 Å². The fraction of sp³-hybridized carbons (Fsp3) is 0.174. The summed E-state index contributed by atoms with van der Waals surface area (Å²) < 4.78 is 0. The zero-order valence-electron chi connectivity index (χ0n) is 15.6. The summed E-state index contributed by atoms with van der Waals surface area (Å²) in [6, 6.07) is 22.9. The fourth-order valence-electron chi connectivity index (χ4n) is 2.81. The fourth-order valence-corrected chi connectivity index (χ4v) is 2.81. The number of amides is 2. The van der Waals surface area contributed by atoms with E-state index in [-0.39, 0.29) is 17.5 Å². The van der Waals surface area contributed by atoms with Gasteiger partial charge in [0.25, 0.3) is 11.8 Å². The third-order valence-corrected chi connectivity index (χ3v) is 4.32. The molecule has 1 aromatic heterocycles. The number of nitrogens with one attached hydrogen (secondary N) is 2. The molecule has 0 aliphatic heterocycles. The predicted molar refractivity (Wildman–Crippen MR) is 109 cm³/mol. The van der Waals surface area contributed by atoms with Crippen molar-refractivity contribution in [1.82, 2.24) is 15.6 Å². The van der Waals surface area contributed by atoms with Gasteiger partial charge in [0.05, 0.1) is 0 Å². The summed E-state index contributed by atoms with van der Waals surface area (Å²) in [6.07, 6.45) is 3.22. The van der Waals surface area contributed by atoms with Crippen LogP contribution < -0.4 is 10.6 Å². The van der Waals surface area contributed by atoms with Crippen LogP contribution in [0.4, 0.5) is 0 Å². The highest BCUT2D eigenvalue weighted by atomic mass is 16.2. The Morgan fingerprint density at radius 2 is 1.46 bits per heavy atom. The van der Waals surface area contributed by atoms with E-state index in [1.54, 1.807) is 6.07 Å². The number of rotatable bonds is 8. The Kier molecular flexibility index (Phi) is 6.90. The molecule has 0 saturated carbocycles. The Labute approximate surface area is 164 Å². The Morgan fingerprint density at radius 3 is 2.18 bits per heavy atom. The first-order chi connectivity index (χ1) is 13.7. The number of hydrogen-bond acceptors (Lipinski definition) is 3. The Morgan fingerprint density at radius 1 is 0.786 bits per heavy atom. The maximum atomic E-state index is 12.3. The molecule has 142 valence electrons.